The molecule has 1 nitrogen and oxygen atoms in total. The zero-order valence-corrected chi connectivity index (χ0v) is 9.46. The van der Waals surface area contributed by atoms with Crippen LogP contribution in [0.3, 0.4) is 0 Å². The van der Waals surface area contributed by atoms with E-state index in [-0.39, 0.29) is 0 Å². The molecule has 1 heteroatoms. The molecule has 0 unspecified atom stereocenters. The fraction of sp³-hybridized carbons (Fsp3) is 0.769. The van der Waals surface area contributed by atoms with Gasteiger partial charge < -0.3 is 0 Å². The van der Waals surface area contributed by atoms with Crippen LogP contribution in [0.2, 0.25) is 0 Å². The van der Waals surface area contributed by atoms with Gasteiger partial charge in [-0.15, -0.1) is 0 Å². The fourth-order valence-corrected chi connectivity index (χ4v) is 2.04. The second-order valence-electron chi connectivity index (χ2n) is 4.78. The maximum Gasteiger partial charge on any atom is 0.155 e. The monoisotopic (exact) mass is 194 g/mol. The van der Waals surface area contributed by atoms with Crippen molar-refractivity contribution in [2.45, 2.75) is 52.4 Å². The molecule has 1 rings (SSSR count). The van der Waals surface area contributed by atoms with E-state index in [1.165, 1.54) is 32.1 Å². The van der Waals surface area contributed by atoms with Crippen molar-refractivity contribution in [3.05, 3.63) is 12.2 Å². The fourth-order valence-electron chi connectivity index (χ4n) is 2.04. The van der Waals surface area contributed by atoms with E-state index >= 15 is 0 Å². The minimum absolute atomic E-state index is 0.325. The summed E-state index contributed by atoms with van der Waals surface area (Å²) in [5, 5.41) is 0. The van der Waals surface area contributed by atoms with E-state index in [0.717, 1.165) is 6.42 Å². The van der Waals surface area contributed by atoms with E-state index in [9.17, 15) is 4.79 Å². The van der Waals surface area contributed by atoms with Gasteiger partial charge >= 0.3 is 0 Å². The molecule has 1 aliphatic carbocycles. The molecule has 0 atom stereocenters. The highest BCUT2D eigenvalue weighted by Crippen LogP contribution is 2.26. The van der Waals surface area contributed by atoms with Crippen molar-refractivity contribution in [1.29, 1.82) is 0 Å². The predicted molar refractivity (Wildman–Crippen MR) is 60.2 cm³/mol. The van der Waals surface area contributed by atoms with Crippen LogP contribution in [0.25, 0.3) is 0 Å². The molecule has 1 fully saturated rings. The molecule has 80 valence electrons. The number of carbonyl (C=O) groups excluding carboxylic acids is 1. The van der Waals surface area contributed by atoms with Gasteiger partial charge in [0.05, 0.1) is 0 Å². The molecule has 0 aliphatic heterocycles. The zero-order valence-electron chi connectivity index (χ0n) is 9.46. The SMILES string of the molecule is CC(C)/C=C/C(=O)CC1CCCCC1. The number of carbonyl (C=O) groups is 1. The summed E-state index contributed by atoms with van der Waals surface area (Å²) in [5.74, 6) is 1.49. The van der Waals surface area contributed by atoms with E-state index in [4.69, 9.17) is 0 Å². The highest BCUT2D eigenvalue weighted by Gasteiger charge is 2.15. The lowest BCUT2D eigenvalue weighted by atomic mass is 9.86. The summed E-state index contributed by atoms with van der Waals surface area (Å²) < 4.78 is 0. The molecule has 1 saturated carbocycles. The van der Waals surface area contributed by atoms with Gasteiger partial charge in [-0.05, 0) is 17.9 Å². The Bertz CT molecular complexity index is 197. The maximum atomic E-state index is 11.5. The van der Waals surface area contributed by atoms with Gasteiger partial charge in [0.1, 0.15) is 0 Å². The topological polar surface area (TPSA) is 17.1 Å². The first-order valence-electron chi connectivity index (χ1n) is 5.89. The predicted octanol–water partition coefficient (Wildman–Crippen LogP) is 3.74. The van der Waals surface area contributed by atoms with Crippen molar-refractivity contribution in [1.82, 2.24) is 0 Å². The van der Waals surface area contributed by atoms with Crippen molar-refractivity contribution in [3.8, 4) is 0 Å². The summed E-state index contributed by atoms with van der Waals surface area (Å²) in [4.78, 5) is 11.5. The molecule has 0 saturated heterocycles. The van der Waals surface area contributed by atoms with Crippen molar-refractivity contribution < 1.29 is 4.79 Å². The number of allylic oxidation sites excluding steroid dienone is 2. The largest absolute Gasteiger partial charge is 0.295 e. The molecule has 0 N–H and O–H groups in total. The van der Waals surface area contributed by atoms with E-state index in [2.05, 4.69) is 13.8 Å². The van der Waals surface area contributed by atoms with Gasteiger partial charge in [0.25, 0.3) is 0 Å². The van der Waals surface area contributed by atoms with Crippen LogP contribution in [-0.2, 0) is 4.79 Å². The van der Waals surface area contributed by atoms with Crippen LogP contribution < -0.4 is 0 Å². The van der Waals surface area contributed by atoms with Crippen molar-refractivity contribution >= 4 is 5.78 Å². The molecule has 14 heavy (non-hydrogen) atoms. The quantitative estimate of drug-likeness (QED) is 0.623. The minimum atomic E-state index is 0.325. The Labute approximate surface area is 87.6 Å². The number of hydrogen-bond donors (Lipinski definition) is 0. The first kappa shape index (κ1) is 11.5. The van der Waals surface area contributed by atoms with E-state index in [1.807, 2.05) is 6.08 Å². The van der Waals surface area contributed by atoms with Gasteiger partial charge in [-0.3, -0.25) is 4.79 Å². The van der Waals surface area contributed by atoms with Gasteiger partial charge in [-0.2, -0.15) is 0 Å². The second-order valence-corrected chi connectivity index (χ2v) is 4.78. The molecule has 0 aromatic rings. The third-order valence-electron chi connectivity index (χ3n) is 2.88. The van der Waals surface area contributed by atoms with Gasteiger partial charge in [0.2, 0.25) is 0 Å². The highest BCUT2D eigenvalue weighted by molar-refractivity contribution is 5.89. The summed E-state index contributed by atoms with van der Waals surface area (Å²) in [6, 6.07) is 0. The summed E-state index contributed by atoms with van der Waals surface area (Å²) in [7, 11) is 0. The molecule has 0 aromatic heterocycles. The van der Waals surface area contributed by atoms with Crippen molar-refractivity contribution in [2.24, 2.45) is 11.8 Å². The first-order chi connectivity index (χ1) is 6.68. The Morgan fingerprint density at radius 3 is 2.50 bits per heavy atom. The molecule has 0 spiro atoms. The number of rotatable bonds is 4. The molecule has 0 amide bonds. The second kappa shape index (κ2) is 6.00. The zero-order chi connectivity index (χ0) is 10.4. The number of hydrogen-bond acceptors (Lipinski definition) is 1. The lowest BCUT2D eigenvalue weighted by molar-refractivity contribution is -0.115. The Kier molecular flexibility index (Phi) is 4.92. The summed E-state index contributed by atoms with van der Waals surface area (Å²) >= 11 is 0. The summed E-state index contributed by atoms with van der Waals surface area (Å²) in [6.45, 7) is 4.20. The normalized spacial score (nSPS) is 19.4. The maximum absolute atomic E-state index is 11.5. The van der Waals surface area contributed by atoms with Crippen LogP contribution in [0, 0.1) is 11.8 Å². The van der Waals surface area contributed by atoms with Gasteiger partial charge in [-0.25, -0.2) is 0 Å². The van der Waals surface area contributed by atoms with Crippen LogP contribution in [0.1, 0.15) is 52.4 Å². The van der Waals surface area contributed by atoms with E-state index in [0.29, 0.717) is 17.6 Å². The van der Waals surface area contributed by atoms with Gasteiger partial charge in [-0.1, -0.05) is 52.0 Å². The first-order valence-corrected chi connectivity index (χ1v) is 5.89. The van der Waals surface area contributed by atoms with Crippen molar-refractivity contribution in [3.63, 3.8) is 0 Å². The van der Waals surface area contributed by atoms with Crippen LogP contribution in [0.15, 0.2) is 12.2 Å². The smallest absolute Gasteiger partial charge is 0.155 e. The van der Waals surface area contributed by atoms with Crippen LogP contribution in [-0.4, -0.2) is 5.78 Å². The average molecular weight is 194 g/mol. The highest BCUT2D eigenvalue weighted by atomic mass is 16.1. The van der Waals surface area contributed by atoms with Crippen LogP contribution in [0.5, 0.6) is 0 Å². The van der Waals surface area contributed by atoms with E-state index < -0.39 is 0 Å². The third-order valence-corrected chi connectivity index (χ3v) is 2.88. The molecule has 0 heterocycles. The lowest BCUT2D eigenvalue weighted by Gasteiger charge is -2.19. The molecular formula is C13H22O. The minimum Gasteiger partial charge on any atom is -0.295 e. The Morgan fingerprint density at radius 2 is 1.93 bits per heavy atom. The van der Waals surface area contributed by atoms with Gasteiger partial charge in [0, 0.05) is 6.42 Å². The molecule has 0 bridgehead atoms. The average Bonchev–Trinajstić information content (AvgIpc) is 2.16. The van der Waals surface area contributed by atoms with E-state index in [1.54, 1.807) is 6.08 Å². The molecule has 0 radical (unpaired) electrons. The lowest BCUT2D eigenvalue weighted by Crippen LogP contribution is -2.10. The number of ketones is 1. The summed E-state index contributed by atoms with van der Waals surface area (Å²) in [5.41, 5.74) is 0. The standard InChI is InChI=1S/C13H22O/c1-11(2)8-9-13(14)10-12-6-4-3-5-7-12/h8-9,11-12H,3-7,10H2,1-2H3/b9-8+. The molecular weight excluding hydrogens is 172 g/mol. The Balaban J connectivity index is 2.25. The van der Waals surface area contributed by atoms with Crippen LogP contribution >= 0.6 is 0 Å². The molecule has 0 aromatic carbocycles. The third kappa shape index (κ3) is 4.59. The Morgan fingerprint density at radius 1 is 1.29 bits per heavy atom. The van der Waals surface area contributed by atoms with Gasteiger partial charge in [0.15, 0.2) is 5.78 Å². The van der Waals surface area contributed by atoms with Crippen LogP contribution in [0.4, 0.5) is 0 Å². The Hall–Kier alpha value is -0.590. The molecule has 1 aliphatic rings. The van der Waals surface area contributed by atoms with Crippen molar-refractivity contribution in [2.75, 3.05) is 0 Å². The summed E-state index contributed by atoms with van der Waals surface area (Å²) in [6.07, 6.45) is 11.1.